The lowest BCUT2D eigenvalue weighted by Crippen LogP contribution is -2.23. The van der Waals surface area contributed by atoms with Gasteiger partial charge in [-0.2, -0.15) is 5.26 Å². The van der Waals surface area contributed by atoms with E-state index in [0.717, 1.165) is 40.6 Å². The molecule has 0 saturated heterocycles. The van der Waals surface area contributed by atoms with Crippen LogP contribution in [0.2, 0.25) is 5.02 Å². The number of imidazole rings is 1. The van der Waals surface area contributed by atoms with Crippen molar-refractivity contribution in [2.45, 2.75) is 38.4 Å². The van der Waals surface area contributed by atoms with Crippen molar-refractivity contribution >= 4 is 29.0 Å². The average Bonchev–Trinajstić information content (AvgIpc) is 3.41. The summed E-state index contributed by atoms with van der Waals surface area (Å²) in [6.07, 6.45) is 5.60. The molecule has 6 nitrogen and oxygen atoms in total. The summed E-state index contributed by atoms with van der Waals surface area (Å²) in [5.74, 6) is 1.31. The van der Waals surface area contributed by atoms with Gasteiger partial charge in [-0.1, -0.05) is 43.1 Å². The SMILES string of the molecule is CCC[C@H](Oc1cc(-n2cnc3c2CC(OC)C(OC)=C3)sc1C#N)c1ccccc1Cl. The van der Waals surface area contributed by atoms with Crippen molar-refractivity contribution in [3.8, 4) is 16.8 Å². The van der Waals surface area contributed by atoms with Crippen molar-refractivity contribution < 1.29 is 14.2 Å². The molecule has 0 radical (unpaired) electrons. The fourth-order valence-corrected chi connectivity index (χ4v) is 5.01. The Hall–Kier alpha value is -2.79. The Morgan fingerprint density at radius 3 is 2.84 bits per heavy atom. The molecular formula is C24H24ClN3O3S. The van der Waals surface area contributed by atoms with Crippen LogP contribution in [-0.4, -0.2) is 29.9 Å². The highest BCUT2D eigenvalue weighted by Gasteiger charge is 2.27. The van der Waals surface area contributed by atoms with Gasteiger partial charge in [0.15, 0.2) is 5.75 Å². The molecule has 0 aliphatic heterocycles. The van der Waals surface area contributed by atoms with Gasteiger partial charge in [0, 0.05) is 36.3 Å². The molecule has 2 atom stereocenters. The summed E-state index contributed by atoms with van der Waals surface area (Å²) >= 11 is 7.81. The third kappa shape index (κ3) is 4.26. The molecule has 0 bridgehead atoms. The first-order chi connectivity index (χ1) is 15.6. The first-order valence-electron chi connectivity index (χ1n) is 10.4. The summed E-state index contributed by atoms with van der Waals surface area (Å²) in [6, 6.07) is 11.9. The molecule has 2 aromatic heterocycles. The van der Waals surface area contributed by atoms with Crippen LogP contribution in [0.25, 0.3) is 11.1 Å². The van der Waals surface area contributed by atoms with E-state index in [4.69, 9.17) is 25.8 Å². The maximum Gasteiger partial charge on any atom is 0.151 e. The number of methoxy groups -OCH3 is 2. The van der Waals surface area contributed by atoms with Gasteiger partial charge in [0.2, 0.25) is 0 Å². The number of hydrogen-bond acceptors (Lipinski definition) is 6. The van der Waals surface area contributed by atoms with Gasteiger partial charge in [-0.25, -0.2) is 4.98 Å². The second-order valence-electron chi connectivity index (χ2n) is 7.43. The van der Waals surface area contributed by atoms with Crippen molar-refractivity contribution in [2.75, 3.05) is 14.2 Å². The minimum absolute atomic E-state index is 0.178. The first kappa shape index (κ1) is 22.4. The highest BCUT2D eigenvalue weighted by molar-refractivity contribution is 7.15. The molecule has 3 aromatic rings. The van der Waals surface area contributed by atoms with Crippen LogP contribution in [0.5, 0.6) is 5.75 Å². The normalized spacial score (nSPS) is 16.1. The Bertz CT molecular complexity index is 1180. The van der Waals surface area contributed by atoms with Crippen LogP contribution in [0, 0.1) is 11.3 Å². The number of thiophene rings is 1. The minimum atomic E-state index is -0.231. The molecule has 0 spiro atoms. The van der Waals surface area contributed by atoms with E-state index < -0.39 is 0 Å². The van der Waals surface area contributed by atoms with Crippen molar-refractivity contribution in [2.24, 2.45) is 0 Å². The van der Waals surface area contributed by atoms with Gasteiger partial charge in [-0.3, -0.25) is 4.57 Å². The number of ether oxygens (including phenoxy) is 3. The number of nitriles is 1. The number of rotatable bonds is 8. The van der Waals surface area contributed by atoms with E-state index in [1.54, 1.807) is 20.5 Å². The van der Waals surface area contributed by atoms with Gasteiger partial charge in [0.05, 0.1) is 18.5 Å². The smallest absolute Gasteiger partial charge is 0.151 e. The molecule has 1 aromatic carbocycles. The summed E-state index contributed by atoms with van der Waals surface area (Å²) in [7, 11) is 3.30. The van der Waals surface area contributed by atoms with Crippen LogP contribution in [0.3, 0.4) is 0 Å². The predicted molar refractivity (Wildman–Crippen MR) is 125 cm³/mol. The van der Waals surface area contributed by atoms with Gasteiger partial charge >= 0.3 is 0 Å². The molecule has 1 unspecified atom stereocenters. The Morgan fingerprint density at radius 2 is 2.16 bits per heavy atom. The second-order valence-corrected chi connectivity index (χ2v) is 8.87. The van der Waals surface area contributed by atoms with E-state index in [9.17, 15) is 5.26 Å². The monoisotopic (exact) mass is 469 g/mol. The zero-order valence-corrected chi connectivity index (χ0v) is 19.7. The lowest BCUT2D eigenvalue weighted by atomic mass is 10.0. The molecule has 166 valence electrons. The van der Waals surface area contributed by atoms with Crippen LogP contribution in [0.15, 0.2) is 42.4 Å². The third-order valence-electron chi connectivity index (χ3n) is 5.49. The number of halogens is 1. The predicted octanol–water partition coefficient (Wildman–Crippen LogP) is 5.94. The van der Waals surface area contributed by atoms with Crippen molar-refractivity contribution in [1.29, 1.82) is 5.26 Å². The van der Waals surface area contributed by atoms with Crippen LogP contribution < -0.4 is 4.74 Å². The minimum Gasteiger partial charge on any atom is -0.498 e. The van der Waals surface area contributed by atoms with Crippen LogP contribution in [0.1, 0.15) is 47.7 Å². The van der Waals surface area contributed by atoms with Gasteiger partial charge in [0.1, 0.15) is 40.2 Å². The summed E-state index contributed by atoms with van der Waals surface area (Å²) < 4.78 is 19.4. The topological polar surface area (TPSA) is 69.3 Å². The fraction of sp³-hybridized carbons (Fsp3) is 0.333. The highest BCUT2D eigenvalue weighted by Crippen LogP contribution is 2.38. The zero-order chi connectivity index (χ0) is 22.7. The molecule has 32 heavy (non-hydrogen) atoms. The molecule has 2 heterocycles. The lowest BCUT2D eigenvalue weighted by molar-refractivity contribution is 0.0784. The molecule has 4 rings (SSSR count). The summed E-state index contributed by atoms with van der Waals surface area (Å²) in [6.45, 7) is 2.10. The summed E-state index contributed by atoms with van der Waals surface area (Å²) in [5, 5.41) is 11.3. The van der Waals surface area contributed by atoms with Crippen LogP contribution in [-0.2, 0) is 15.9 Å². The van der Waals surface area contributed by atoms with Crippen molar-refractivity contribution in [3.05, 3.63) is 69.3 Å². The van der Waals surface area contributed by atoms with E-state index in [-0.39, 0.29) is 12.2 Å². The Balaban J connectivity index is 1.68. The first-order valence-corrected chi connectivity index (χ1v) is 11.6. The van der Waals surface area contributed by atoms with Crippen LogP contribution >= 0.6 is 22.9 Å². The van der Waals surface area contributed by atoms with E-state index in [2.05, 4.69) is 18.0 Å². The zero-order valence-electron chi connectivity index (χ0n) is 18.2. The number of benzene rings is 1. The Morgan fingerprint density at radius 1 is 1.34 bits per heavy atom. The second kappa shape index (κ2) is 9.78. The molecule has 0 fully saturated rings. The lowest BCUT2D eigenvalue weighted by Gasteiger charge is -2.22. The van der Waals surface area contributed by atoms with Crippen LogP contribution in [0.4, 0.5) is 0 Å². The Labute approximate surface area is 196 Å². The Kier molecular flexibility index (Phi) is 6.85. The third-order valence-corrected chi connectivity index (χ3v) is 6.85. The molecular weight excluding hydrogens is 446 g/mol. The molecule has 0 N–H and O–H groups in total. The van der Waals surface area contributed by atoms with Gasteiger partial charge in [-0.15, -0.1) is 11.3 Å². The number of nitrogens with zero attached hydrogens (tertiary/aromatic N) is 3. The van der Waals surface area contributed by atoms with Gasteiger partial charge in [0.25, 0.3) is 0 Å². The quantitative estimate of drug-likeness (QED) is 0.408. The molecule has 1 aliphatic rings. The van der Waals surface area contributed by atoms with Gasteiger partial charge in [-0.05, 0) is 12.5 Å². The average molecular weight is 470 g/mol. The summed E-state index contributed by atoms with van der Waals surface area (Å²) in [4.78, 5) is 5.05. The molecule has 8 heteroatoms. The molecule has 1 aliphatic carbocycles. The van der Waals surface area contributed by atoms with E-state index in [0.29, 0.717) is 22.1 Å². The molecule has 0 amide bonds. The molecule has 0 saturated carbocycles. The number of aromatic nitrogens is 2. The van der Waals surface area contributed by atoms with E-state index in [1.165, 1.54) is 11.3 Å². The summed E-state index contributed by atoms with van der Waals surface area (Å²) in [5.41, 5.74) is 2.77. The highest BCUT2D eigenvalue weighted by atomic mass is 35.5. The fourth-order valence-electron chi connectivity index (χ4n) is 3.87. The van der Waals surface area contributed by atoms with Gasteiger partial charge < -0.3 is 14.2 Å². The maximum absolute atomic E-state index is 9.77. The van der Waals surface area contributed by atoms with E-state index >= 15 is 0 Å². The van der Waals surface area contributed by atoms with Crippen molar-refractivity contribution in [3.63, 3.8) is 0 Å². The number of fused-ring (bicyclic) bond motifs is 1. The van der Waals surface area contributed by atoms with E-state index in [1.807, 2.05) is 41.0 Å². The largest absolute Gasteiger partial charge is 0.498 e. The number of hydrogen-bond donors (Lipinski definition) is 0. The van der Waals surface area contributed by atoms with Crippen molar-refractivity contribution in [1.82, 2.24) is 9.55 Å². The standard InChI is InChI=1S/C24H24ClN3O3S/c1-4-7-19(15-8-5-6-9-16(15)25)31-22-12-24(32-23(22)13-26)28-14-27-17-10-20(29-2)21(30-3)11-18(17)28/h5-6,8-10,12,14,19,21H,4,7,11H2,1-3H3/t19-,21?/m0/s1. The maximum atomic E-state index is 9.77.